The van der Waals surface area contributed by atoms with E-state index < -0.39 is 23.8 Å². The minimum atomic E-state index is -0.696. The van der Waals surface area contributed by atoms with Crippen molar-refractivity contribution in [1.82, 2.24) is 54.2 Å². The van der Waals surface area contributed by atoms with E-state index in [2.05, 4.69) is 41.7 Å². The Morgan fingerprint density at radius 1 is 0.381 bits per heavy atom. The smallest absolute Gasteiger partial charge is 0.416 e. The largest absolute Gasteiger partial charge is 0.497 e. The van der Waals surface area contributed by atoms with Crippen molar-refractivity contribution in [1.29, 1.82) is 0 Å². The minimum absolute atomic E-state index is 0.00838. The molecule has 19 rings (SSSR count). The molecule has 0 bridgehead atoms. The van der Waals surface area contributed by atoms with Crippen LogP contribution in [0.2, 0.25) is 25.1 Å². The number of rotatable bonds is 33. The van der Waals surface area contributed by atoms with Gasteiger partial charge in [-0.15, -0.1) is 23.2 Å². The van der Waals surface area contributed by atoms with Crippen LogP contribution in [-0.4, -0.2) is 247 Å². The van der Waals surface area contributed by atoms with Crippen molar-refractivity contribution in [3.63, 3.8) is 0 Å². The summed E-state index contributed by atoms with van der Waals surface area (Å²) in [6, 6.07) is 67.3. The van der Waals surface area contributed by atoms with E-state index in [0.29, 0.717) is 133 Å². The molecule has 0 aliphatic carbocycles. The molecule has 5 aliphatic heterocycles. The number of β-amino-alcohol motifs (C(OH)–C–C–N with tert-alkyl or cyclic N) is 1. The monoisotopic (exact) mass is 2150 g/mol. The maximum atomic E-state index is 13.5. The number of carbonyl (C=O) groups excluding carboxylic acids is 4. The number of hydrogen-bond acceptors (Lipinski definition) is 18. The van der Waals surface area contributed by atoms with E-state index in [9.17, 15) is 19.2 Å². The summed E-state index contributed by atoms with van der Waals surface area (Å²) in [5.41, 5.74) is 15.7. The topological polar surface area (TPSA) is 267 Å². The van der Waals surface area contributed by atoms with Gasteiger partial charge in [-0.3, -0.25) is 24.5 Å². The van der Waals surface area contributed by atoms with Crippen molar-refractivity contribution in [2.75, 3.05) is 158 Å². The van der Waals surface area contributed by atoms with Gasteiger partial charge in [0.15, 0.2) is 5.56 Å². The van der Waals surface area contributed by atoms with Crippen LogP contribution in [0.15, 0.2) is 218 Å². The van der Waals surface area contributed by atoms with Crippen molar-refractivity contribution in [3.05, 3.63) is 311 Å². The van der Waals surface area contributed by atoms with Gasteiger partial charge in [-0.2, -0.15) is 0 Å². The maximum Gasteiger partial charge on any atom is 0.416 e. The van der Waals surface area contributed by atoms with Gasteiger partial charge in [0.05, 0.1) is 53.4 Å². The van der Waals surface area contributed by atoms with Crippen LogP contribution in [0.25, 0.3) is 43.6 Å². The lowest BCUT2D eigenvalue weighted by molar-refractivity contribution is 0.0654. The molecule has 10 aromatic carbocycles. The van der Waals surface area contributed by atoms with Crippen molar-refractivity contribution in [3.8, 4) is 40.2 Å². The van der Waals surface area contributed by atoms with E-state index in [4.69, 9.17) is 145 Å². The Hall–Kier alpha value is -11.4. The molecule has 5 aliphatic rings. The number of fused-ring (bicyclic) bond motifs is 12. The number of ether oxygens (including phenoxy) is 10. The zero-order valence-electron chi connectivity index (χ0n) is 83.1. The molecule has 5 atom stereocenters. The summed E-state index contributed by atoms with van der Waals surface area (Å²) in [6.07, 6.45) is 4.64. The summed E-state index contributed by atoms with van der Waals surface area (Å²) in [5, 5.41) is 16.8. The highest BCUT2D eigenvalue weighted by Gasteiger charge is 2.42. The fraction of sp³-hybridized carbons (Fsp3) is 0.363. The number of benzene rings is 10. The van der Waals surface area contributed by atoms with E-state index in [1.807, 2.05) is 191 Å². The van der Waals surface area contributed by atoms with Crippen LogP contribution in [0.4, 0.5) is 19.2 Å². The molecule has 9 heterocycles. The number of aliphatic hydroxyl groups is 1. The fourth-order valence-electron chi connectivity index (χ4n) is 19.4. The van der Waals surface area contributed by atoms with E-state index in [1.165, 1.54) is 5.56 Å². The van der Waals surface area contributed by atoms with Crippen molar-refractivity contribution >= 4 is 161 Å². The molecule has 0 spiro atoms. The summed E-state index contributed by atoms with van der Waals surface area (Å²) in [6.45, 7) is 19.1. The number of aromatic amines is 4. The van der Waals surface area contributed by atoms with Crippen LogP contribution in [0, 0.1) is 5.92 Å². The molecule has 147 heavy (non-hydrogen) atoms. The van der Waals surface area contributed by atoms with Gasteiger partial charge >= 0.3 is 24.4 Å². The second-order valence-electron chi connectivity index (χ2n) is 36.9. The number of methoxy groups -OCH3 is 2. The lowest BCUT2D eigenvalue weighted by Crippen LogP contribution is -2.47. The van der Waals surface area contributed by atoms with Gasteiger partial charge < -0.3 is 82.2 Å². The first-order chi connectivity index (χ1) is 71.4. The summed E-state index contributed by atoms with van der Waals surface area (Å²) in [4.78, 5) is 81.2. The highest BCUT2D eigenvalue weighted by Crippen LogP contribution is 2.47. The summed E-state index contributed by atoms with van der Waals surface area (Å²) < 4.78 is 56.4. The summed E-state index contributed by atoms with van der Waals surface area (Å²) in [7, 11) is 5.40. The van der Waals surface area contributed by atoms with Crippen LogP contribution >= 0.6 is 92.8 Å². The third kappa shape index (κ3) is 27.3. The Kier molecular flexibility index (Phi) is 38.4. The number of nitrogens with one attached hydrogen (secondary N) is 4. The van der Waals surface area contributed by atoms with Gasteiger partial charge in [0.1, 0.15) is 64.4 Å². The molecule has 1 saturated heterocycles. The number of halogens is 8. The fourth-order valence-corrected chi connectivity index (χ4v) is 20.5. The molecule has 5 unspecified atom stereocenters. The molecule has 4 amide bonds. The van der Waals surface area contributed by atoms with E-state index in [-0.39, 0.29) is 42.8 Å². The van der Waals surface area contributed by atoms with Crippen molar-refractivity contribution in [2.45, 2.75) is 102 Å². The maximum absolute atomic E-state index is 13.5. The predicted molar refractivity (Wildman–Crippen MR) is 584 cm³/mol. The number of carbonyl (C=O) groups is 4. The number of likely N-dealkylation sites (N-methyl/N-ethyl adjacent to an activating group) is 1. The molecule has 34 heteroatoms. The zero-order valence-corrected chi connectivity index (χ0v) is 89.1. The highest BCUT2D eigenvalue weighted by atomic mass is 35.5. The standard InChI is InChI=1S/C33H36Cl2N4O4.C28H26Cl2N2O4.C27H34ClN3O4.C25H27Cl3N2O3/c34-24-4-9-27(10-5-24)43-33(41)39-14-12-28-29-22-25(35)6-11-30(29)36-31(28)32(39)23-2-7-26(8-3-23)42-21-1-13-37-15-17-38(18-16-37)19-20-40;1-34-20-8-10-22(11-9-20)36-28(33)32-15-13-23-24-17-19(30)5-12-25(24)31-26(23)27(32)18-3-6-21(7-4-18)35-16-2-14-29;1-4-34-27(32)31-14-12-22-23-18-20(28)8-11-24(23)29-25(22)26(31)19-6-9-21(10-7-19)35-16-5-13-30(2)15-17-33-3;1-15(2)24(28)33-25(31)30-12-10-19-20-14-17(27)6-9-21(20)29-22(19)23(30)16-4-7-18(8-5-16)32-13-3-11-26/h2-11,22,32,36,40H,1,12-21H2;3-12,17,27,31H,2,13-16H2,1H3;6-11,18,26,29H,4-5,12-17H2,1-3H3;4-9,14-15,23-24,29H,3,10-13H2,1-2H3. The van der Waals surface area contributed by atoms with E-state index >= 15 is 0 Å². The van der Waals surface area contributed by atoms with Gasteiger partial charge in [-0.25, -0.2) is 19.2 Å². The van der Waals surface area contributed by atoms with Gasteiger partial charge in [0, 0.05) is 195 Å². The number of H-pyrrole nitrogens is 4. The minimum Gasteiger partial charge on any atom is -0.497 e. The van der Waals surface area contributed by atoms with Crippen molar-refractivity contribution in [2.24, 2.45) is 5.92 Å². The lowest BCUT2D eigenvalue weighted by atomic mass is 9.92. The quantitative estimate of drug-likeness (QED) is 0.0189. The zero-order chi connectivity index (χ0) is 103. The SMILES string of the molecule is CC(C)C(Cl)OC(=O)N1CCc2c([nH]c3ccc(Cl)cc23)C1c1ccc(OCCCCl)cc1.CCOC(=O)N1CCc2c([nH]c3ccc(Cl)cc23)C1c1ccc(OCCCN(C)CCOC)cc1.COc1ccc(OC(=O)N2CCc3c([nH]c4ccc(Cl)cc34)C2c2ccc(OCCCCl)cc2)cc1.O=C(Oc1ccc(Cl)cc1)N1CCc2c([nH]c3ccc(Cl)cc23)C1c1ccc(OCCCN2CCN(CCO)CC2)cc1. The second kappa shape index (κ2) is 52.1. The third-order valence-electron chi connectivity index (χ3n) is 26.9. The van der Waals surface area contributed by atoms with Crippen LogP contribution in [-0.2, 0) is 39.9 Å². The Balaban J connectivity index is 0.000000141. The number of amides is 4. The normalized spacial score (nSPS) is 16.3. The van der Waals surface area contributed by atoms with Gasteiger partial charge in [-0.05, 0) is 280 Å². The Morgan fingerprint density at radius 2 is 0.694 bits per heavy atom. The molecule has 0 radical (unpaired) electrons. The molecule has 1 fully saturated rings. The predicted octanol–water partition coefficient (Wildman–Crippen LogP) is 25.4. The van der Waals surface area contributed by atoms with Gasteiger partial charge in [-0.1, -0.05) is 132 Å². The van der Waals surface area contributed by atoms with Crippen LogP contribution < -0.4 is 33.2 Å². The van der Waals surface area contributed by atoms with Crippen LogP contribution in [0.3, 0.4) is 0 Å². The molecular formula is C113H123Cl8N11O15. The average molecular weight is 2160 g/mol. The first-order valence-corrected chi connectivity index (χ1v) is 53.2. The van der Waals surface area contributed by atoms with Crippen LogP contribution in [0.5, 0.6) is 40.2 Å². The molecule has 14 aromatic rings. The molecule has 0 saturated carbocycles. The number of aliphatic hydroxyl groups excluding tert-OH is 1. The molecular weight excluding hydrogens is 2030 g/mol. The Bertz CT molecular complexity index is 6730. The number of piperazine rings is 1. The molecule has 5 N–H and O–H groups in total. The third-order valence-corrected chi connectivity index (χ3v) is 29.2. The van der Waals surface area contributed by atoms with Gasteiger partial charge in [0.2, 0.25) is 0 Å². The lowest BCUT2D eigenvalue weighted by Gasteiger charge is -2.36. The number of hydrogen-bond donors (Lipinski definition) is 5. The van der Waals surface area contributed by atoms with Gasteiger partial charge in [0.25, 0.3) is 0 Å². The van der Waals surface area contributed by atoms with Crippen molar-refractivity contribution < 1.29 is 71.7 Å². The Labute approximate surface area is 896 Å². The first-order valence-electron chi connectivity index (χ1n) is 49.8. The Morgan fingerprint density at radius 3 is 1.03 bits per heavy atom. The van der Waals surface area contributed by atoms with E-state index in [0.717, 1.165) is 219 Å². The average Bonchev–Trinajstić information content (AvgIpc) is 1.62. The number of aromatic nitrogens is 4. The molecule has 26 nitrogen and oxygen atoms in total. The van der Waals surface area contributed by atoms with Crippen LogP contribution in [0.1, 0.15) is 138 Å². The number of nitrogens with zero attached hydrogens (tertiary/aromatic N) is 7. The summed E-state index contributed by atoms with van der Waals surface area (Å²) in [5.74, 6) is 5.85. The second-order valence-corrected chi connectivity index (χ2v) is 40.3. The number of alkyl halides is 3. The molecule has 4 aromatic heterocycles. The molecule has 776 valence electrons. The highest BCUT2D eigenvalue weighted by molar-refractivity contribution is 6.33. The van der Waals surface area contributed by atoms with E-state index in [1.54, 1.807) is 82.4 Å². The summed E-state index contributed by atoms with van der Waals surface area (Å²) >= 11 is 49.0. The first kappa shape index (κ1) is 108.